The van der Waals surface area contributed by atoms with E-state index >= 15 is 0 Å². The van der Waals surface area contributed by atoms with Gasteiger partial charge >= 0.3 is 6.18 Å². The molecule has 1 atom stereocenters. The Labute approximate surface area is 141 Å². The summed E-state index contributed by atoms with van der Waals surface area (Å²) in [7, 11) is 1.67. The van der Waals surface area contributed by atoms with Crippen molar-refractivity contribution in [1.29, 1.82) is 0 Å². The number of nitrogens with one attached hydrogen (secondary N) is 1. The lowest BCUT2D eigenvalue weighted by Gasteiger charge is -2.21. The quantitative estimate of drug-likeness (QED) is 0.631. The van der Waals surface area contributed by atoms with E-state index in [1.807, 2.05) is 11.4 Å². The monoisotopic (exact) mass is 441 g/mol. The summed E-state index contributed by atoms with van der Waals surface area (Å²) in [6.07, 6.45) is -3.87. The van der Waals surface area contributed by atoms with Crippen molar-refractivity contribution < 1.29 is 13.2 Å². The zero-order valence-electron chi connectivity index (χ0n) is 11.0. The summed E-state index contributed by atoms with van der Waals surface area (Å²) in [6, 6.07) is 5.79. The van der Waals surface area contributed by atoms with Crippen molar-refractivity contribution in [3.8, 4) is 0 Å². The van der Waals surface area contributed by atoms with Crippen LogP contribution in [-0.2, 0) is 12.6 Å². The van der Waals surface area contributed by atoms with Gasteiger partial charge in [-0.25, -0.2) is 0 Å². The first-order valence-electron chi connectivity index (χ1n) is 6.08. The molecule has 0 fully saturated rings. The molecule has 0 aliphatic heterocycles. The minimum absolute atomic E-state index is 0.258. The predicted octanol–water partition coefficient (Wildman–Crippen LogP) is 5.80. The Bertz CT molecular complexity index is 625. The number of alkyl halides is 3. The molecular weight excluding hydrogens is 431 g/mol. The van der Waals surface area contributed by atoms with Gasteiger partial charge in [0, 0.05) is 26.3 Å². The fourth-order valence-electron chi connectivity index (χ4n) is 2.10. The van der Waals surface area contributed by atoms with Crippen molar-refractivity contribution in [1.82, 2.24) is 5.32 Å². The van der Waals surface area contributed by atoms with Gasteiger partial charge in [-0.05, 0) is 52.1 Å². The van der Waals surface area contributed by atoms with Gasteiger partial charge in [0.15, 0.2) is 0 Å². The molecule has 0 spiro atoms. The van der Waals surface area contributed by atoms with Crippen LogP contribution in [0.3, 0.4) is 0 Å². The molecule has 7 heteroatoms. The third-order valence-electron chi connectivity index (χ3n) is 3.13. The Morgan fingerprint density at radius 1 is 1.24 bits per heavy atom. The topological polar surface area (TPSA) is 12.0 Å². The van der Waals surface area contributed by atoms with Crippen LogP contribution in [0.25, 0.3) is 0 Å². The number of likely N-dealkylation sites (N-methyl/N-ethyl adjacent to an activating group) is 1. The standard InChI is InChI=1S/C14H12Br2F3NS/c1-20-12(7-13-11(16)4-5-21-13)9-3-2-8(15)6-10(9)14(17,18)19/h2-6,12,20H,7H2,1H3. The van der Waals surface area contributed by atoms with Crippen molar-refractivity contribution in [2.24, 2.45) is 0 Å². The highest BCUT2D eigenvalue weighted by Gasteiger charge is 2.35. The molecule has 1 aromatic heterocycles. The maximum absolute atomic E-state index is 13.2. The molecule has 1 heterocycles. The van der Waals surface area contributed by atoms with Crippen LogP contribution in [0, 0.1) is 0 Å². The second-order valence-electron chi connectivity index (χ2n) is 4.47. The molecule has 114 valence electrons. The smallest absolute Gasteiger partial charge is 0.313 e. The molecular formula is C14H12Br2F3NS. The van der Waals surface area contributed by atoms with E-state index in [1.54, 1.807) is 13.1 Å². The molecule has 21 heavy (non-hydrogen) atoms. The van der Waals surface area contributed by atoms with E-state index in [0.717, 1.165) is 15.4 Å². The van der Waals surface area contributed by atoms with E-state index < -0.39 is 17.8 Å². The molecule has 2 rings (SSSR count). The van der Waals surface area contributed by atoms with Gasteiger partial charge in [0.1, 0.15) is 0 Å². The summed E-state index contributed by atoms with van der Waals surface area (Å²) < 4.78 is 41.0. The van der Waals surface area contributed by atoms with Crippen LogP contribution >= 0.6 is 43.2 Å². The molecule has 1 N–H and O–H groups in total. The predicted molar refractivity (Wildman–Crippen MR) is 86.7 cm³/mol. The summed E-state index contributed by atoms with van der Waals surface area (Å²) in [5.74, 6) is 0. The second-order valence-corrected chi connectivity index (χ2v) is 7.24. The van der Waals surface area contributed by atoms with E-state index in [-0.39, 0.29) is 5.56 Å². The summed E-state index contributed by atoms with van der Waals surface area (Å²) in [4.78, 5) is 1.02. The van der Waals surface area contributed by atoms with Gasteiger partial charge in [-0.3, -0.25) is 0 Å². The van der Waals surface area contributed by atoms with E-state index in [2.05, 4.69) is 37.2 Å². The maximum Gasteiger partial charge on any atom is 0.416 e. The van der Waals surface area contributed by atoms with Gasteiger partial charge in [-0.15, -0.1) is 11.3 Å². The molecule has 2 aromatic rings. The second kappa shape index (κ2) is 6.81. The lowest BCUT2D eigenvalue weighted by Crippen LogP contribution is -2.22. The molecule has 0 aliphatic carbocycles. The minimum Gasteiger partial charge on any atom is -0.313 e. The zero-order valence-corrected chi connectivity index (χ0v) is 15.0. The van der Waals surface area contributed by atoms with Crippen molar-refractivity contribution in [3.05, 3.63) is 54.6 Å². The van der Waals surface area contributed by atoms with E-state index in [0.29, 0.717) is 10.9 Å². The summed E-state index contributed by atoms with van der Waals surface area (Å²) >= 11 is 8.05. The van der Waals surface area contributed by atoms with Gasteiger partial charge in [0.05, 0.1) is 5.56 Å². The number of rotatable bonds is 4. The molecule has 0 saturated heterocycles. The van der Waals surface area contributed by atoms with E-state index in [9.17, 15) is 13.2 Å². The number of benzene rings is 1. The highest BCUT2D eigenvalue weighted by Crippen LogP contribution is 2.38. The van der Waals surface area contributed by atoms with E-state index in [4.69, 9.17) is 0 Å². The summed E-state index contributed by atoms with van der Waals surface area (Å²) in [5, 5.41) is 4.90. The average molecular weight is 443 g/mol. The third kappa shape index (κ3) is 4.09. The van der Waals surface area contributed by atoms with Crippen LogP contribution in [0.4, 0.5) is 13.2 Å². The largest absolute Gasteiger partial charge is 0.416 e. The van der Waals surface area contributed by atoms with Crippen LogP contribution in [0.5, 0.6) is 0 Å². The van der Waals surface area contributed by atoms with Crippen molar-refractivity contribution >= 4 is 43.2 Å². The molecule has 1 aromatic carbocycles. The highest BCUT2D eigenvalue weighted by atomic mass is 79.9. The number of halogens is 5. The Morgan fingerprint density at radius 2 is 1.95 bits per heavy atom. The maximum atomic E-state index is 13.2. The van der Waals surface area contributed by atoms with Crippen LogP contribution in [0.2, 0.25) is 0 Å². The molecule has 1 nitrogen and oxygen atoms in total. The summed E-state index contributed by atoms with van der Waals surface area (Å²) in [6.45, 7) is 0. The van der Waals surface area contributed by atoms with E-state index in [1.165, 1.54) is 17.4 Å². The lowest BCUT2D eigenvalue weighted by atomic mass is 9.97. The number of thiophene rings is 1. The Kier molecular flexibility index (Phi) is 5.51. The number of hydrogen-bond acceptors (Lipinski definition) is 2. The fraction of sp³-hybridized carbons (Fsp3) is 0.286. The first-order chi connectivity index (χ1) is 9.82. The first kappa shape index (κ1) is 17.0. The highest BCUT2D eigenvalue weighted by molar-refractivity contribution is 9.10. The fourth-order valence-corrected chi connectivity index (χ4v) is 4.02. The molecule has 0 bridgehead atoms. The zero-order chi connectivity index (χ0) is 15.6. The molecule has 0 aliphatic rings. The molecule has 0 saturated carbocycles. The average Bonchev–Trinajstić information content (AvgIpc) is 2.81. The van der Waals surface area contributed by atoms with Gasteiger partial charge in [-0.1, -0.05) is 22.0 Å². The minimum atomic E-state index is -4.37. The summed E-state index contributed by atoms with van der Waals surface area (Å²) in [5.41, 5.74) is -0.350. The SMILES string of the molecule is CNC(Cc1sccc1Br)c1ccc(Br)cc1C(F)(F)F. The van der Waals surface area contributed by atoms with Crippen LogP contribution in [-0.4, -0.2) is 7.05 Å². The first-order valence-corrected chi connectivity index (χ1v) is 8.55. The molecule has 0 radical (unpaired) electrons. The lowest BCUT2D eigenvalue weighted by molar-refractivity contribution is -0.138. The molecule has 0 amide bonds. The Morgan fingerprint density at radius 3 is 2.48 bits per heavy atom. The molecule has 1 unspecified atom stereocenters. The van der Waals surface area contributed by atoms with Gasteiger partial charge in [-0.2, -0.15) is 13.2 Å². The van der Waals surface area contributed by atoms with Crippen molar-refractivity contribution in [2.45, 2.75) is 18.6 Å². The normalized spacial score (nSPS) is 13.4. The Hall–Kier alpha value is -0.370. The number of hydrogen-bond donors (Lipinski definition) is 1. The van der Waals surface area contributed by atoms with Crippen molar-refractivity contribution in [2.75, 3.05) is 7.05 Å². The van der Waals surface area contributed by atoms with Crippen molar-refractivity contribution in [3.63, 3.8) is 0 Å². The van der Waals surface area contributed by atoms with Crippen LogP contribution < -0.4 is 5.32 Å². The van der Waals surface area contributed by atoms with Crippen LogP contribution in [0.15, 0.2) is 38.6 Å². The Balaban J connectivity index is 2.40. The van der Waals surface area contributed by atoms with Gasteiger partial charge in [0.25, 0.3) is 0 Å². The van der Waals surface area contributed by atoms with Gasteiger partial charge in [0.2, 0.25) is 0 Å². The third-order valence-corrected chi connectivity index (χ3v) is 5.57. The van der Waals surface area contributed by atoms with Gasteiger partial charge < -0.3 is 5.32 Å². The van der Waals surface area contributed by atoms with Crippen LogP contribution in [0.1, 0.15) is 22.0 Å².